The Kier molecular flexibility index (Phi) is 7.46. The fraction of sp³-hybridized carbons (Fsp3) is 0.200. The van der Waals surface area contributed by atoms with E-state index in [1.54, 1.807) is 24.3 Å². The molecular formula is C30H27N3O6S. The van der Waals surface area contributed by atoms with Crippen molar-refractivity contribution in [1.29, 1.82) is 0 Å². The summed E-state index contributed by atoms with van der Waals surface area (Å²) in [5.41, 5.74) is 4.66. The SMILES string of the molecule is CN(C)S(=O)(=O)c1cccc(COC(=O)c2c3c(nc4ccccc24)/C(=C\c2cccc([N+](=O)[O-])c2)CCC3)c1. The Balaban J connectivity index is 1.52. The molecule has 1 aliphatic rings. The maximum absolute atomic E-state index is 13.6. The Hall–Kier alpha value is -4.41. The van der Waals surface area contributed by atoms with Crippen LogP contribution in [0.5, 0.6) is 0 Å². The molecule has 0 atom stereocenters. The first kappa shape index (κ1) is 27.2. The molecule has 204 valence electrons. The van der Waals surface area contributed by atoms with Crippen molar-refractivity contribution in [1.82, 2.24) is 9.29 Å². The van der Waals surface area contributed by atoms with E-state index in [0.29, 0.717) is 46.1 Å². The third-order valence-electron chi connectivity index (χ3n) is 6.84. The van der Waals surface area contributed by atoms with Gasteiger partial charge in [0, 0.05) is 31.6 Å². The Morgan fingerprint density at radius 2 is 1.82 bits per heavy atom. The average Bonchev–Trinajstić information content (AvgIpc) is 2.95. The topological polar surface area (TPSA) is 120 Å². The van der Waals surface area contributed by atoms with Gasteiger partial charge in [0.1, 0.15) is 6.61 Å². The van der Waals surface area contributed by atoms with Crippen molar-refractivity contribution in [2.45, 2.75) is 30.8 Å². The van der Waals surface area contributed by atoms with Gasteiger partial charge in [-0.05, 0) is 65.8 Å². The Morgan fingerprint density at radius 3 is 2.60 bits per heavy atom. The fourth-order valence-electron chi connectivity index (χ4n) is 4.87. The fourth-order valence-corrected chi connectivity index (χ4v) is 5.84. The predicted molar refractivity (Wildman–Crippen MR) is 152 cm³/mol. The molecule has 1 aromatic heterocycles. The second-order valence-corrected chi connectivity index (χ2v) is 11.9. The number of nitrogens with zero attached hydrogens (tertiary/aromatic N) is 3. The first-order valence-electron chi connectivity index (χ1n) is 12.7. The molecular weight excluding hydrogens is 530 g/mol. The molecule has 0 fully saturated rings. The Bertz CT molecular complexity index is 1780. The third kappa shape index (κ3) is 5.36. The number of fused-ring (bicyclic) bond motifs is 2. The maximum atomic E-state index is 13.6. The lowest BCUT2D eigenvalue weighted by Gasteiger charge is -2.22. The molecule has 0 spiro atoms. The van der Waals surface area contributed by atoms with E-state index in [4.69, 9.17) is 9.72 Å². The highest BCUT2D eigenvalue weighted by Crippen LogP contribution is 2.37. The number of esters is 1. The van der Waals surface area contributed by atoms with Gasteiger partial charge in [-0.1, -0.05) is 42.5 Å². The van der Waals surface area contributed by atoms with Crippen LogP contribution in [0.3, 0.4) is 0 Å². The molecule has 5 rings (SSSR count). The molecule has 1 aliphatic carbocycles. The van der Waals surface area contributed by atoms with Crippen LogP contribution >= 0.6 is 0 Å². The zero-order valence-electron chi connectivity index (χ0n) is 22.0. The van der Waals surface area contributed by atoms with Crippen LogP contribution < -0.4 is 0 Å². The summed E-state index contributed by atoms with van der Waals surface area (Å²) in [4.78, 5) is 29.4. The van der Waals surface area contributed by atoms with Crippen LogP contribution in [0.25, 0.3) is 22.6 Å². The van der Waals surface area contributed by atoms with Crippen molar-refractivity contribution < 1.29 is 22.9 Å². The van der Waals surface area contributed by atoms with Crippen LogP contribution in [0.15, 0.2) is 77.7 Å². The highest BCUT2D eigenvalue weighted by molar-refractivity contribution is 7.89. The van der Waals surface area contributed by atoms with Crippen molar-refractivity contribution >= 4 is 44.2 Å². The van der Waals surface area contributed by atoms with E-state index in [1.807, 2.05) is 30.3 Å². The summed E-state index contributed by atoms with van der Waals surface area (Å²) in [5.74, 6) is -0.521. The van der Waals surface area contributed by atoms with E-state index < -0.39 is 20.9 Å². The van der Waals surface area contributed by atoms with Gasteiger partial charge < -0.3 is 4.74 Å². The number of nitro groups is 1. The molecule has 4 aromatic rings. The summed E-state index contributed by atoms with van der Waals surface area (Å²) in [6, 6.07) is 20.1. The average molecular weight is 558 g/mol. The molecule has 0 saturated carbocycles. The quantitative estimate of drug-likeness (QED) is 0.164. The van der Waals surface area contributed by atoms with E-state index in [0.717, 1.165) is 21.9 Å². The number of ether oxygens (including phenoxy) is 1. The maximum Gasteiger partial charge on any atom is 0.339 e. The first-order valence-corrected chi connectivity index (χ1v) is 14.1. The molecule has 0 saturated heterocycles. The van der Waals surface area contributed by atoms with Crippen LogP contribution in [0.1, 0.15) is 45.6 Å². The summed E-state index contributed by atoms with van der Waals surface area (Å²) in [6.07, 6.45) is 4.00. The summed E-state index contributed by atoms with van der Waals surface area (Å²) >= 11 is 0. The molecule has 0 bridgehead atoms. The van der Waals surface area contributed by atoms with Gasteiger partial charge in [-0.3, -0.25) is 10.1 Å². The predicted octanol–water partition coefficient (Wildman–Crippen LogP) is 5.63. The lowest BCUT2D eigenvalue weighted by molar-refractivity contribution is -0.384. The van der Waals surface area contributed by atoms with Crippen LogP contribution in [0.2, 0.25) is 0 Å². The number of sulfonamides is 1. The van der Waals surface area contributed by atoms with Gasteiger partial charge in [0.2, 0.25) is 10.0 Å². The monoisotopic (exact) mass is 557 g/mol. The van der Waals surface area contributed by atoms with Crippen molar-refractivity contribution in [3.63, 3.8) is 0 Å². The number of hydrogen-bond donors (Lipinski definition) is 0. The molecule has 40 heavy (non-hydrogen) atoms. The molecule has 9 nitrogen and oxygen atoms in total. The van der Waals surface area contributed by atoms with Crippen molar-refractivity contribution in [3.05, 3.63) is 111 Å². The van der Waals surface area contributed by atoms with E-state index in [2.05, 4.69) is 0 Å². The molecule has 0 radical (unpaired) electrons. The molecule has 0 unspecified atom stereocenters. The van der Waals surface area contributed by atoms with E-state index in [9.17, 15) is 23.3 Å². The van der Waals surface area contributed by atoms with E-state index in [1.165, 1.54) is 38.4 Å². The van der Waals surface area contributed by atoms with Crippen molar-refractivity contribution in [3.8, 4) is 0 Å². The molecule has 1 heterocycles. The lowest BCUT2D eigenvalue weighted by atomic mass is 9.86. The Morgan fingerprint density at radius 1 is 1.05 bits per heavy atom. The number of allylic oxidation sites excluding steroid dienone is 1. The molecule has 0 N–H and O–H groups in total. The number of pyridine rings is 1. The van der Waals surface area contributed by atoms with Crippen LogP contribution in [-0.2, 0) is 27.8 Å². The van der Waals surface area contributed by atoms with Crippen LogP contribution in [-0.4, -0.2) is 42.7 Å². The van der Waals surface area contributed by atoms with Gasteiger partial charge in [-0.15, -0.1) is 0 Å². The van der Waals surface area contributed by atoms with Crippen LogP contribution in [0.4, 0.5) is 5.69 Å². The van der Waals surface area contributed by atoms with E-state index >= 15 is 0 Å². The minimum absolute atomic E-state index is 0.00331. The third-order valence-corrected chi connectivity index (χ3v) is 8.65. The standard InChI is InChI=1S/C30H27N3O6S/c1-32(2)40(37,38)24-12-6-9-21(18-24)19-39-30(34)28-25-13-3-4-15-27(25)31-29-22(10-7-14-26(28)29)16-20-8-5-11-23(17-20)33(35)36/h3-6,8-9,11-13,15-18H,7,10,14,19H2,1-2H3/b22-16-. The van der Waals surface area contributed by atoms with Crippen LogP contribution in [0, 0.1) is 10.1 Å². The highest BCUT2D eigenvalue weighted by atomic mass is 32.2. The Labute approximate surface area is 231 Å². The number of rotatable bonds is 7. The second-order valence-electron chi connectivity index (χ2n) is 9.72. The number of para-hydroxylation sites is 1. The van der Waals surface area contributed by atoms with Gasteiger partial charge >= 0.3 is 5.97 Å². The number of carbonyl (C=O) groups excluding carboxylic acids is 1. The molecule has 0 aliphatic heterocycles. The van der Waals surface area contributed by atoms with Crippen molar-refractivity contribution in [2.75, 3.05) is 14.1 Å². The molecule has 0 amide bonds. The normalized spacial score (nSPS) is 14.3. The molecule has 10 heteroatoms. The van der Waals surface area contributed by atoms with Crippen molar-refractivity contribution in [2.24, 2.45) is 0 Å². The van der Waals surface area contributed by atoms with Gasteiger partial charge in [-0.25, -0.2) is 22.5 Å². The number of nitro benzene ring substituents is 1. The number of benzene rings is 3. The number of non-ortho nitro benzene ring substituents is 1. The number of aromatic nitrogens is 1. The number of hydrogen-bond acceptors (Lipinski definition) is 7. The smallest absolute Gasteiger partial charge is 0.339 e. The summed E-state index contributed by atoms with van der Waals surface area (Å²) in [5, 5.41) is 11.9. The van der Waals surface area contributed by atoms with Gasteiger partial charge in [0.15, 0.2) is 0 Å². The molecule has 3 aromatic carbocycles. The van der Waals surface area contributed by atoms with E-state index in [-0.39, 0.29) is 17.2 Å². The second kappa shape index (κ2) is 11.0. The zero-order chi connectivity index (χ0) is 28.4. The summed E-state index contributed by atoms with van der Waals surface area (Å²) in [6.45, 7) is -0.0998. The summed E-state index contributed by atoms with van der Waals surface area (Å²) < 4.78 is 31.9. The minimum atomic E-state index is -3.63. The van der Waals surface area contributed by atoms with Gasteiger partial charge in [-0.2, -0.15) is 0 Å². The zero-order valence-corrected chi connectivity index (χ0v) is 22.8. The minimum Gasteiger partial charge on any atom is -0.457 e. The number of carbonyl (C=O) groups is 1. The van der Waals surface area contributed by atoms with Gasteiger partial charge in [0.05, 0.1) is 26.6 Å². The van der Waals surface area contributed by atoms with Gasteiger partial charge in [0.25, 0.3) is 5.69 Å². The largest absolute Gasteiger partial charge is 0.457 e. The first-order chi connectivity index (χ1) is 19.1. The lowest BCUT2D eigenvalue weighted by Crippen LogP contribution is -2.22. The summed E-state index contributed by atoms with van der Waals surface area (Å²) in [7, 11) is -0.710. The highest BCUT2D eigenvalue weighted by Gasteiger charge is 2.26.